The Labute approximate surface area is 143 Å². The van der Waals surface area contributed by atoms with E-state index in [1.807, 2.05) is 54.6 Å². The SMILES string of the molecule is O=C1N/C(=N\N=C/c2ccccc2)SC1Cc1ccccc1Cl. The molecule has 4 nitrogen and oxygen atoms in total. The summed E-state index contributed by atoms with van der Waals surface area (Å²) < 4.78 is 0. The third-order valence-corrected chi connectivity index (χ3v) is 4.74. The maximum absolute atomic E-state index is 12.0. The van der Waals surface area contributed by atoms with Crippen LogP contribution in [0.4, 0.5) is 0 Å². The number of amides is 1. The van der Waals surface area contributed by atoms with Crippen LogP contribution in [0.3, 0.4) is 0 Å². The van der Waals surface area contributed by atoms with Gasteiger partial charge in [0.15, 0.2) is 5.17 Å². The normalized spacial score (nSPS) is 19.4. The van der Waals surface area contributed by atoms with E-state index in [-0.39, 0.29) is 11.2 Å². The maximum Gasteiger partial charge on any atom is 0.239 e. The van der Waals surface area contributed by atoms with Crippen LogP contribution in [0, 0.1) is 0 Å². The van der Waals surface area contributed by atoms with E-state index in [1.165, 1.54) is 11.8 Å². The van der Waals surface area contributed by atoms with E-state index in [1.54, 1.807) is 6.21 Å². The molecule has 3 rings (SSSR count). The smallest absolute Gasteiger partial charge is 0.239 e. The minimum atomic E-state index is -0.236. The Kier molecular flexibility index (Phi) is 5.10. The van der Waals surface area contributed by atoms with Crippen molar-refractivity contribution < 1.29 is 4.79 Å². The first-order valence-electron chi connectivity index (χ1n) is 7.09. The number of nitrogens with one attached hydrogen (secondary N) is 1. The lowest BCUT2D eigenvalue weighted by atomic mass is 10.1. The van der Waals surface area contributed by atoms with E-state index < -0.39 is 0 Å². The summed E-state index contributed by atoms with van der Waals surface area (Å²) in [6.45, 7) is 0. The van der Waals surface area contributed by atoms with Gasteiger partial charge in [-0.3, -0.25) is 4.79 Å². The number of halogens is 1. The number of hydrogen-bond acceptors (Lipinski definition) is 4. The van der Waals surface area contributed by atoms with Gasteiger partial charge in [-0.15, -0.1) is 5.10 Å². The molecule has 0 aliphatic carbocycles. The van der Waals surface area contributed by atoms with Gasteiger partial charge in [-0.1, -0.05) is 71.9 Å². The van der Waals surface area contributed by atoms with Gasteiger partial charge in [0.25, 0.3) is 0 Å². The van der Waals surface area contributed by atoms with Gasteiger partial charge >= 0.3 is 0 Å². The number of carbonyl (C=O) groups is 1. The number of benzene rings is 2. The number of rotatable bonds is 4. The van der Waals surface area contributed by atoms with Crippen molar-refractivity contribution in [1.29, 1.82) is 0 Å². The lowest BCUT2D eigenvalue weighted by molar-refractivity contribution is -0.118. The van der Waals surface area contributed by atoms with Crippen LogP contribution in [0.25, 0.3) is 0 Å². The van der Waals surface area contributed by atoms with Crippen molar-refractivity contribution in [3.8, 4) is 0 Å². The van der Waals surface area contributed by atoms with Crippen molar-refractivity contribution in [2.75, 3.05) is 0 Å². The fourth-order valence-electron chi connectivity index (χ4n) is 2.14. The number of thioether (sulfide) groups is 1. The number of amidine groups is 1. The molecule has 6 heteroatoms. The molecule has 1 saturated heterocycles. The van der Waals surface area contributed by atoms with E-state index in [0.717, 1.165) is 11.1 Å². The Morgan fingerprint density at radius 1 is 1.13 bits per heavy atom. The molecule has 1 fully saturated rings. The van der Waals surface area contributed by atoms with Gasteiger partial charge < -0.3 is 5.32 Å². The van der Waals surface area contributed by atoms with Crippen LogP contribution in [0.1, 0.15) is 11.1 Å². The highest BCUT2D eigenvalue weighted by Gasteiger charge is 2.30. The molecule has 0 aromatic heterocycles. The van der Waals surface area contributed by atoms with Crippen molar-refractivity contribution in [2.45, 2.75) is 11.7 Å². The minimum absolute atomic E-state index is 0.0661. The molecular weight excluding hydrogens is 330 g/mol. The summed E-state index contributed by atoms with van der Waals surface area (Å²) in [7, 11) is 0. The van der Waals surface area contributed by atoms with Crippen molar-refractivity contribution in [3.05, 3.63) is 70.7 Å². The van der Waals surface area contributed by atoms with Gasteiger partial charge in [-0.05, 0) is 23.6 Å². The first-order valence-corrected chi connectivity index (χ1v) is 8.35. The van der Waals surface area contributed by atoms with Crippen molar-refractivity contribution in [3.63, 3.8) is 0 Å². The van der Waals surface area contributed by atoms with Crippen LogP contribution < -0.4 is 5.32 Å². The highest BCUT2D eigenvalue weighted by Crippen LogP contribution is 2.26. The van der Waals surface area contributed by atoms with E-state index in [4.69, 9.17) is 11.6 Å². The lowest BCUT2D eigenvalue weighted by Gasteiger charge is -2.06. The molecule has 1 unspecified atom stereocenters. The van der Waals surface area contributed by atoms with E-state index in [9.17, 15) is 4.79 Å². The molecular formula is C17H14ClN3OS. The fourth-order valence-corrected chi connectivity index (χ4v) is 3.30. The Balaban J connectivity index is 1.64. The molecule has 1 atom stereocenters. The van der Waals surface area contributed by atoms with Gasteiger partial charge in [-0.25, -0.2) is 0 Å². The predicted molar refractivity (Wildman–Crippen MR) is 96.1 cm³/mol. The molecule has 1 aliphatic heterocycles. The summed E-state index contributed by atoms with van der Waals surface area (Å²) in [4.78, 5) is 12.0. The molecule has 0 bridgehead atoms. The summed E-state index contributed by atoms with van der Waals surface area (Å²) in [5, 5.41) is 11.8. The summed E-state index contributed by atoms with van der Waals surface area (Å²) in [6.07, 6.45) is 2.22. The largest absolute Gasteiger partial charge is 0.303 e. The molecule has 0 spiro atoms. The highest BCUT2D eigenvalue weighted by molar-refractivity contribution is 8.15. The number of carbonyl (C=O) groups excluding carboxylic acids is 1. The minimum Gasteiger partial charge on any atom is -0.303 e. The zero-order chi connectivity index (χ0) is 16.1. The van der Waals surface area contributed by atoms with Gasteiger partial charge in [0, 0.05) is 5.02 Å². The highest BCUT2D eigenvalue weighted by atomic mass is 35.5. The van der Waals surface area contributed by atoms with Gasteiger partial charge in [-0.2, -0.15) is 5.10 Å². The average Bonchev–Trinajstić information content (AvgIpc) is 2.90. The molecule has 1 N–H and O–H groups in total. The standard InChI is InChI=1S/C17H14ClN3OS/c18-14-9-5-4-8-13(14)10-15-16(22)20-17(23-15)21-19-11-12-6-2-1-3-7-12/h1-9,11,15H,10H2,(H,20,21,22)/b19-11-. The molecule has 0 saturated carbocycles. The molecule has 1 aliphatic rings. The van der Waals surface area contributed by atoms with Crippen LogP contribution in [-0.4, -0.2) is 22.5 Å². The third-order valence-electron chi connectivity index (χ3n) is 3.29. The van der Waals surface area contributed by atoms with Crippen molar-refractivity contribution in [2.24, 2.45) is 10.2 Å². The van der Waals surface area contributed by atoms with E-state index >= 15 is 0 Å². The Hall–Kier alpha value is -2.11. The van der Waals surface area contributed by atoms with Crippen LogP contribution in [-0.2, 0) is 11.2 Å². The van der Waals surface area contributed by atoms with Crippen LogP contribution >= 0.6 is 23.4 Å². The maximum atomic E-state index is 12.0. The average molecular weight is 344 g/mol. The second kappa shape index (κ2) is 7.44. The molecule has 1 amide bonds. The molecule has 2 aromatic rings. The van der Waals surface area contributed by atoms with Gasteiger partial charge in [0.05, 0.1) is 11.5 Å². The second-order valence-corrected chi connectivity index (χ2v) is 6.55. The first kappa shape index (κ1) is 15.8. The monoisotopic (exact) mass is 343 g/mol. The first-order chi connectivity index (χ1) is 11.2. The van der Waals surface area contributed by atoms with Gasteiger partial charge in [0.1, 0.15) is 0 Å². The quantitative estimate of drug-likeness (QED) is 0.682. The van der Waals surface area contributed by atoms with Crippen molar-refractivity contribution >= 4 is 40.7 Å². The summed E-state index contributed by atoms with van der Waals surface area (Å²) in [5.74, 6) is -0.0661. The number of hydrogen-bond donors (Lipinski definition) is 1. The van der Waals surface area contributed by atoms with E-state index in [0.29, 0.717) is 16.6 Å². The van der Waals surface area contributed by atoms with E-state index in [2.05, 4.69) is 15.5 Å². The zero-order valence-electron chi connectivity index (χ0n) is 12.1. The summed E-state index contributed by atoms with van der Waals surface area (Å²) >= 11 is 7.52. The third kappa shape index (κ3) is 4.21. The predicted octanol–water partition coefficient (Wildman–Crippen LogP) is 3.50. The Bertz CT molecular complexity index is 761. The fraction of sp³-hybridized carbons (Fsp3) is 0.118. The van der Waals surface area contributed by atoms with Gasteiger partial charge in [0.2, 0.25) is 5.91 Å². The molecule has 23 heavy (non-hydrogen) atoms. The van der Waals surface area contributed by atoms with Crippen LogP contribution in [0.5, 0.6) is 0 Å². The molecule has 116 valence electrons. The number of nitrogens with zero attached hydrogens (tertiary/aromatic N) is 2. The molecule has 0 radical (unpaired) electrons. The summed E-state index contributed by atoms with van der Waals surface area (Å²) in [6, 6.07) is 17.2. The van der Waals surface area contributed by atoms with Crippen LogP contribution in [0.2, 0.25) is 5.02 Å². The lowest BCUT2D eigenvalue weighted by Crippen LogP contribution is -2.26. The topological polar surface area (TPSA) is 53.8 Å². The molecule has 1 heterocycles. The summed E-state index contributed by atoms with van der Waals surface area (Å²) in [5.41, 5.74) is 1.91. The van der Waals surface area contributed by atoms with Crippen LogP contribution in [0.15, 0.2) is 64.8 Å². The zero-order valence-corrected chi connectivity index (χ0v) is 13.7. The van der Waals surface area contributed by atoms with Crippen molar-refractivity contribution in [1.82, 2.24) is 5.32 Å². The Morgan fingerprint density at radius 2 is 1.87 bits per heavy atom. The second-order valence-electron chi connectivity index (χ2n) is 4.95. The molecule has 2 aromatic carbocycles. The Morgan fingerprint density at radius 3 is 2.65 bits per heavy atom.